The summed E-state index contributed by atoms with van der Waals surface area (Å²) in [5.41, 5.74) is 8.68. The summed E-state index contributed by atoms with van der Waals surface area (Å²) >= 11 is 5.92. The SMILES string of the molecule is C[C@@H](N)[C@H](Cc1ccccc1)c1ccc(Cl)cc1. The Morgan fingerprint density at radius 3 is 2.17 bits per heavy atom. The molecule has 18 heavy (non-hydrogen) atoms. The average molecular weight is 260 g/mol. The molecule has 0 amide bonds. The minimum absolute atomic E-state index is 0.117. The summed E-state index contributed by atoms with van der Waals surface area (Å²) in [5, 5.41) is 0.766. The van der Waals surface area contributed by atoms with Gasteiger partial charge in [-0.2, -0.15) is 0 Å². The zero-order chi connectivity index (χ0) is 13.0. The molecule has 0 spiro atoms. The Bertz CT molecular complexity index is 476. The van der Waals surface area contributed by atoms with Crippen LogP contribution in [0.25, 0.3) is 0 Å². The Balaban J connectivity index is 2.21. The lowest BCUT2D eigenvalue weighted by molar-refractivity contribution is 0.565. The number of hydrogen-bond acceptors (Lipinski definition) is 1. The second-order valence-electron chi connectivity index (χ2n) is 4.71. The van der Waals surface area contributed by atoms with Crippen LogP contribution >= 0.6 is 11.6 Å². The molecule has 0 saturated carbocycles. The van der Waals surface area contributed by atoms with Gasteiger partial charge in [0.15, 0.2) is 0 Å². The van der Waals surface area contributed by atoms with E-state index in [0.29, 0.717) is 5.92 Å². The van der Waals surface area contributed by atoms with Gasteiger partial charge in [-0.25, -0.2) is 0 Å². The fraction of sp³-hybridized carbons (Fsp3) is 0.250. The van der Waals surface area contributed by atoms with E-state index in [0.717, 1.165) is 11.4 Å². The summed E-state index contributed by atoms with van der Waals surface area (Å²) in [6.07, 6.45) is 0.958. The van der Waals surface area contributed by atoms with E-state index in [1.54, 1.807) is 0 Å². The van der Waals surface area contributed by atoms with Gasteiger partial charge in [0.2, 0.25) is 0 Å². The van der Waals surface area contributed by atoms with Crippen molar-refractivity contribution in [2.45, 2.75) is 25.3 Å². The second kappa shape index (κ2) is 6.03. The molecule has 0 aromatic heterocycles. The van der Waals surface area contributed by atoms with E-state index in [4.69, 9.17) is 17.3 Å². The minimum Gasteiger partial charge on any atom is -0.327 e. The predicted molar refractivity (Wildman–Crippen MR) is 78.0 cm³/mol. The van der Waals surface area contributed by atoms with Crippen molar-refractivity contribution in [3.63, 3.8) is 0 Å². The van der Waals surface area contributed by atoms with Crippen LogP contribution in [-0.4, -0.2) is 6.04 Å². The fourth-order valence-electron chi connectivity index (χ4n) is 2.19. The number of halogens is 1. The van der Waals surface area contributed by atoms with Crippen LogP contribution < -0.4 is 5.73 Å². The highest BCUT2D eigenvalue weighted by Gasteiger charge is 2.16. The molecule has 94 valence electrons. The zero-order valence-corrected chi connectivity index (χ0v) is 11.3. The molecule has 0 aliphatic carbocycles. The van der Waals surface area contributed by atoms with Gasteiger partial charge in [0.25, 0.3) is 0 Å². The molecule has 2 aromatic rings. The molecule has 2 rings (SSSR count). The van der Waals surface area contributed by atoms with Crippen molar-refractivity contribution in [1.29, 1.82) is 0 Å². The molecule has 2 aromatic carbocycles. The first-order valence-electron chi connectivity index (χ1n) is 6.22. The predicted octanol–water partition coefficient (Wildman–Crippen LogP) is 4.01. The summed E-state index contributed by atoms with van der Waals surface area (Å²) in [6, 6.07) is 18.6. The van der Waals surface area contributed by atoms with Crippen LogP contribution in [0, 0.1) is 0 Å². The molecule has 0 fully saturated rings. The maximum absolute atomic E-state index is 6.12. The highest BCUT2D eigenvalue weighted by Crippen LogP contribution is 2.24. The van der Waals surface area contributed by atoms with Gasteiger partial charge in [0, 0.05) is 17.0 Å². The van der Waals surface area contributed by atoms with Gasteiger partial charge in [0.05, 0.1) is 0 Å². The van der Waals surface area contributed by atoms with Crippen LogP contribution in [0.2, 0.25) is 5.02 Å². The van der Waals surface area contributed by atoms with Crippen LogP contribution in [-0.2, 0) is 6.42 Å². The quantitative estimate of drug-likeness (QED) is 0.882. The lowest BCUT2D eigenvalue weighted by Crippen LogP contribution is -2.26. The first-order chi connectivity index (χ1) is 8.66. The van der Waals surface area contributed by atoms with E-state index in [1.807, 2.05) is 18.2 Å². The molecule has 2 N–H and O–H groups in total. The Kier molecular flexibility index (Phi) is 4.40. The van der Waals surface area contributed by atoms with Crippen molar-refractivity contribution in [2.24, 2.45) is 5.73 Å². The van der Waals surface area contributed by atoms with Crippen molar-refractivity contribution in [2.75, 3.05) is 0 Å². The molecular formula is C16H18ClN. The van der Waals surface area contributed by atoms with Gasteiger partial charge in [-0.3, -0.25) is 0 Å². The summed E-state index contributed by atoms with van der Waals surface area (Å²) in [6.45, 7) is 2.06. The van der Waals surface area contributed by atoms with Gasteiger partial charge >= 0.3 is 0 Å². The smallest absolute Gasteiger partial charge is 0.0406 e. The third kappa shape index (κ3) is 3.34. The summed E-state index contributed by atoms with van der Waals surface area (Å²) in [7, 11) is 0. The largest absolute Gasteiger partial charge is 0.327 e. The molecule has 0 unspecified atom stereocenters. The van der Waals surface area contributed by atoms with Crippen LogP contribution in [0.15, 0.2) is 54.6 Å². The zero-order valence-electron chi connectivity index (χ0n) is 10.5. The van der Waals surface area contributed by atoms with E-state index in [9.17, 15) is 0 Å². The Morgan fingerprint density at radius 2 is 1.61 bits per heavy atom. The summed E-state index contributed by atoms with van der Waals surface area (Å²) < 4.78 is 0. The second-order valence-corrected chi connectivity index (χ2v) is 5.14. The number of benzene rings is 2. The highest BCUT2D eigenvalue weighted by atomic mass is 35.5. The van der Waals surface area contributed by atoms with Crippen molar-refractivity contribution in [1.82, 2.24) is 0 Å². The average Bonchev–Trinajstić information content (AvgIpc) is 2.38. The molecule has 2 atom stereocenters. The van der Waals surface area contributed by atoms with Gasteiger partial charge in [-0.15, -0.1) is 0 Å². The fourth-order valence-corrected chi connectivity index (χ4v) is 2.31. The Morgan fingerprint density at radius 1 is 1.00 bits per heavy atom. The van der Waals surface area contributed by atoms with E-state index >= 15 is 0 Å². The van der Waals surface area contributed by atoms with Crippen molar-refractivity contribution in [3.05, 3.63) is 70.7 Å². The van der Waals surface area contributed by atoms with Crippen molar-refractivity contribution < 1.29 is 0 Å². The third-order valence-corrected chi connectivity index (χ3v) is 3.48. The molecular weight excluding hydrogens is 242 g/mol. The van der Waals surface area contributed by atoms with Crippen LogP contribution in [0.3, 0.4) is 0 Å². The number of rotatable bonds is 4. The number of hydrogen-bond donors (Lipinski definition) is 1. The summed E-state index contributed by atoms with van der Waals surface area (Å²) in [4.78, 5) is 0. The maximum Gasteiger partial charge on any atom is 0.0406 e. The van der Waals surface area contributed by atoms with Crippen molar-refractivity contribution >= 4 is 11.6 Å². The highest BCUT2D eigenvalue weighted by molar-refractivity contribution is 6.30. The first-order valence-corrected chi connectivity index (χ1v) is 6.59. The maximum atomic E-state index is 6.12. The Hall–Kier alpha value is -1.31. The molecule has 0 radical (unpaired) electrons. The van der Waals surface area contributed by atoms with Crippen LogP contribution in [0.1, 0.15) is 24.0 Å². The van der Waals surface area contributed by atoms with Crippen molar-refractivity contribution in [3.8, 4) is 0 Å². The van der Waals surface area contributed by atoms with E-state index in [2.05, 4.69) is 43.3 Å². The van der Waals surface area contributed by atoms with Gasteiger partial charge < -0.3 is 5.73 Å². The topological polar surface area (TPSA) is 26.0 Å². The van der Waals surface area contributed by atoms with E-state index in [-0.39, 0.29) is 6.04 Å². The number of nitrogens with two attached hydrogens (primary N) is 1. The minimum atomic E-state index is 0.117. The lowest BCUT2D eigenvalue weighted by atomic mass is 9.87. The normalized spacial score (nSPS) is 14.2. The van der Waals surface area contributed by atoms with Crippen LogP contribution in [0.5, 0.6) is 0 Å². The molecule has 2 heteroatoms. The van der Waals surface area contributed by atoms with Crippen LogP contribution in [0.4, 0.5) is 0 Å². The molecule has 0 aliphatic heterocycles. The van der Waals surface area contributed by atoms with E-state index in [1.165, 1.54) is 11.1 Å². The third-order valence-electron chi connectivity index (χ3n) is 3.23. The van der Waals surface area contributed by atoms with E-state index < -0.39 is 0 Å². The molecule has 0 aliphatic rings. The van der Waals surface area contributed by atoms with Gasteiger partial charge in [0.1, 0.15) is 0 Å². The van der Waals surface area contributed by atoms with Gasteiger partial charge in [-0.05, 0) is 36.6 Å². The summed E-state index contributed by atoms with van der Waals surface area (Å²) in [5.74, 6) is 0.324. The monoisotopic (exact) mass is 259 g/mol. The molecule has 0 bridgehead atoms. The molecule has 0 saturated heterocycles. The molecule has 1 nitrogen and oxygen atoms in total. The standard InChI is InChI=1S/C16H18ClN/c1-12(18)16(11-13-5-3-2-4-6-13)14-7-9-15(17)10-8-14/h2-10,12,16H,11,18H2,1H3/t12-,16+/m1/s1. The lowest BCUT2D eigenvalue weighted by Gasteiger charge is -2.21. The molecule has 0 heterocycles. The Labute approximate surface area is 114 Å². The van der Waals surface area contributed by atoms with Gasteiger partial charge in [-0.1, -0.05) is 54.1 Å². The first kappa shape index (κ1) is 13.1.